The van der Waals surface area contributed by atoms with Gasteiger partial charge in [0.2, 0.25) is 0 Å². The van der Waals surface area contributed by atoms with Crippen LogP contribution in [-0.4, -0.2) is 34.4 Å². The van der Waals surface area contributed by atoms with Crippen LogP contribution in [0.2, 0.25) is 0 Å². The summed E-state index contributed by atoms with van der Waals surface area (Å²) in [7, 11) is 0. The highest BCUT2D eigenvalue weighted by molar-refractivity contribution is 5.87. The van der Waals surface area contributed by atoms with Crippen molar-refractivity contribution in [3.8, 4) is 0 Å². The van der Waals surface area contributed by atoms with Gasteiger partial charge in [0.25, 0.3) is 0 Å². The molecule has 0 saturated carbocycles. The summed E-state index contributed by atoms with van der Waals surface area (Å²) >= 11 is 0. The van der Waals surface area contributed by atoms with Gasteiger partial charge in [0, 0.05) is 6.42 Å². The van der Waals surface area contributed by atoms with E-state index in [2.05, 4.69) is 21.6 Å². The first-order valence-electron chi connectivity index (χ1n) is 6.98. The minimum Gasteiger partial charge on any atom is -0.449 e. The number of carbonyl (C=O) groups excluding carboxylic acids is 1. The number of carboxylic acid groups (broad SMARTS) is 2. The zero-order valence-electron chi connectivity index (χ0n) is 12.2. The molecule has 0 spiro atoms. The molecule has 0 saturated heterocycles. The predicted molar refractivity (Wildman–Crippen MR) is 77.0 cm³/mol. The molecule has 0 amide bonds. The molecule has 0 radical (unpaired) electrons. The summed E-state index contributed by atoms with van der Waals surface area (Å²) in [6.45, 7) is 0. The molecule has 0 fully saturated rings. The zero-order valence-corrected chi connectivity index (χ0v) is 12.2. The Morgan fingerprint density at radius 2 is 1.36 bits per heavy atom. The first-order valence-corrected chi connectivity index (χ1v) is 6.98. The Labute approximate surface area is 128 Å². The Balaban J connectivity index is 0.000000461. The van der Waals surface area contributed by atoms with Gasteiger partial charge in [0.05, 0.1) is 6.42 Å². The fraction of sp³-hybridized carbons (Fsp3) is 0.571. The first kappa shape index (κ1) is 19.6. The van der Waals surface area contributed by atoms with Crippen LogP contribution in [0.5, 0.6) is 0 Å². The Bertz CT molecular complexity index is 379. The summed E-state index contributed by atoms with van der Waals surface area (Å²) < 4.78 is 7.53. The molecule has 0 heterocycles. The van der Waals surface area contributed by atoms with Crippen molar-refractivity contribution in [2.75, 3.05) is 0 Å². The van der Waals surface area contributed by atoms with Crippen LogP contribution in [0, 0.1) is 5.41 Å². The lowest BCUT2D eigenvalue weighted by atomic mass is 10.1. The lowest BCUT2D eigenvalue weighted by molar-refractivity contribution is -0.138. The standard InChI is InChI=1S/C8H14.C6H7NO7/c1-2-4-6-8-7-5-3-1;7-3(13-5(9)10)1-2-4(8)14-6(11)12/h1-2H,3-8H2;7H,1-2H2,(H,9,10)(H,11,12). The molecule has 0 aromatic carbocycles. The van der Waals surface area contributed by atoms with Crippen molar-refractivity contribution in [2.45, 2.75) is 51.4 Å². The number of ether oxygens (including phenoxy) is 2. The van der Waals surface area contributed by atoms with Crippen LogP contribution < -0.4 is 0 Å². The van der Waals surface area contributed by atoms with E-state index < -0.39 is 30.6 Å². The van der Waals surface area contributed by atoms with E-state index in [1.165, 1.54) is 38.5 Å². The minimum absolute atomic E-state index is 0.335. The molecule has 1 aliphatic rings. The maximum atomic E-state index is 10.5. The topological polar surface area (TPSA) is 134 Å². The fourth-order valence-corrected chi connectivity index (χ4v) is 1.63. The van der Waals surface area contributed by atoms with Crippen LogP contribution in [0.4, 0.5) is 9.59 Å². The molecule has 0 atom stereocenters. The second kappa shape index (κ2) is 12.4. The average molecular weight is 315 g/mol. The summed E-state index contributed by atoms with van der Waals surface area (Å²) in [6, 6.07) is 0. The van der Waals surface area contributed by atoms with E-state index in [0.29, 0.717) is 0 Å². The van der Waals surface area contributed by atoms with Gasteiger partial charge in [0.15, 0.2) is 5.90 Å². The smallest absolute Gasteiger partial charge is 0.449 e. The molecule has 0 bridgehead atoms. The SMILES string of the molecule is C1=CCCCCCC1.N=C(CCC(=O)OC(=O)O)OC(=O)O. The second-order valence-corrected chi connectivity index (χ2v) is 4.49. The monoisotopic (exact) mass is 315 g/mol. The van der Waals surface area contributed by atoms with Crippen LogP contribution >= 0.6 is 0 Å². The highest BCUT2D eigenvalue weighted by atomic mass is 16.7. The Morgan fingerprint density at radius 1 is 0.864 bits per heavy atom. The number of rotatable bonds is 3. The Morgan fingerprint density at radius 3 is 1.82 bits per heavy atom. The average Bonchev–Trinajstić information content (AvgIpc) is 2.34. The van der Waals surface area contributed by atoms with Gasteiger partial charge in [-0.15, -0.1) is 0 Å². The molecule has 3 N–H and O–H groups in total. The molecule has 0 unspecified atom stereocenters. The maximum absolute atomic E-state index is 10.5. The van der Waals surface area contributed by atoms with Crippen molar-refractivity contribution in [3.63, 3.8) is 0 Å². The van der Waals surface area contributed by atoms with E-state index in [4.69, 9.17) is 15.6 Å². The molecular weight excluding hydrogens is 294 g/mol. The third kappa shape index (κ3) is 14.0. The van der Waals surface area contributed by atoms with Crippen LogP contribution in [0.3, 0.4) is 0 Å². The van der Waals surface area contributed by atoms with Gasteiger partial charge < -0.3 is 19.7 Å². The normalized spacial score (nSPS) is 13.6. The molecule has 0 aromatic heterocycles. The summed E-state index contributed by atoms with van der Waals surface area (Å²) in [6.07, 6.45) is 8.82. The van der Waals surface area contributed by atoms with Gasteiger partial charge in [-0.1, -0.05) is 25.0 Å². The van der Waals surface area contributed by atoms with Gasteiger partial charge in [-0.05, 0) is 25.7 Å². The maximum Gasteiger partial charge on any atom is 0.513 e. The molecule has 1 rings (SSSR count). The number of hydrogen-bond acceptors (Lipinski definition) is 6. The predicted octanol–water partition coefficient (Wildman–Crippen LogP) is 3.56. The van der Waals surface area contributed by atoms with Crippen molar-refractivity contribution in [1.82, 2.24) is 0 Å². The van der Waals surface area contributed by atoms with Gasteiger partial charge in [0.1, 0.15) is 0 Å². The van der Waals surface area contributed by atoms with Crippen molar-refractivity contribution in [1.29, 1.82) is 5.41 Å². The van der Waals surface area contributed by atoms with Crippen molar-refractivity contribution < 1.29 is 34.1 Å². The lowest BCUT2D eigenvalue weighted by Gasteiger charge is -2.00. The van der Waals surface area contributed by atoms with Crippen LogP contribution in [-0.2, 0) is 14.3 Å². The summed E-state index contributed by atoms with van der Waals surface area (Å²) in [5, 5.41) is 22.8. The van der Waals surface area contributed by atoms with E-state index in [1.54, 1.807) is 0 Å². The molecule has 0 aliphatic heterocycles. The Hall–Kier alpha value is -2.38. The van der Waals surface area contributed by atoms with Crippen LogP contribution in [0.25, 0.3) is 0 Å². The second-order valence-electron chi connectivity index (χ2n) is 4.49. The summed E-state index contributed by atoms with van der Waals surface area (Å²) in [5.41, 5.74) is 0. The molecule has 1 aliphatic carbocycles. The summed E-state index contributed by atoms with van der Waals surface area (Å²) in [5.74, 6) is -1.73. The van der Waals surface area contributed by atoms with Crippen molar-refractivity contribution in [2.24, 2.45) is 0 Å². The molecule has 124 valence electrons. The first-order chi connectivity index (χ1) is 10.4. The van der Waals surface area contributed by atoms with E-state index in [0.717, 1.165) is 0 Å². The zero-order chi connectivity index (χ0) is 16.8. The highest BCUT2D eigenvalue weighted by Gasteiger charge is 2.11. The van der Waals surface area contributed by atoms with E-state index in [1.807, 2.05) is 0 Å². The van der Waals surface area contributed by atoms with Gasteiger partial charge >= 0.3 is 18.3 Å². The van der Waals surface area contributed by atoms with Gasteiger partial charge in [-0.3, -0.25) is 10.2 Å². The van der Waals surface area contributed by atoms with Crippen molar-refractivity contribution in [3.05, 3.63) is 12.2 Å². The third-order valence-electron chi connectivity index (χ3n) is 2.63. The largest absolute Gasteiger partial charge is 0.513 e. The number of esters is 1. The summed E-state index contributed by atoms with van der Waals surface area (Å²) in [4.78, 5) is 30.2. The number of hydrogen-bond donors (Lipinski definition) is 3. The minimum atomic E-state index is -1.75. The molecule has 0 aromatic rings. The number of carbonyl (C=O) groups is 3. The fourth-order valence-electron chi connectivity index (χ4n) is 1.63. The van der Waals surface area contributed by atoms with E-state index in [-0.39, 0.29) is 6.42 Å². The third-order valence-corrected chi connectivity index (χ3v) is 2.63. The van der Waals surface area contributed by atoms with Crippen LogP contribution in [0.1, 0.15) is 51.4 Å². The Kier molecular flexibility index (Phi) is 11.0. The number of allylic oxidation sites excluding steroid dienone is 2. The number of nitrogens with one attached hydrogen (secondary N) is 1. The van der Waals surface area contributed by atoms with Crippen LogP contribution in [0.15, 0.2) is 12.2 Å². The van der Waals surface area contributed by atoms with Crippen molar-refractivity contribution >= 4 is 24.2 Å². The van der Waals surface area contributed by atoms with Gasteiger partial charge in [-0.2, -0.15) is 0 Å². The molecule has 8 nitrogen and oxygen atoms in total. The molecular formula is C14H21NO7. The van der Waals surface area contributed by atoms with Gasteiger partial charge in [-0.25, -0.2) is 9.59 Å². The highest BCUT2D eigenvalue weighted by Crippen LogP contribution is 2.09. The molecule has 22 heavy (non-hydrogen) atoms. The van der Waals surface area contributed by atoms with E-state index >= 15 is 0 Å². The van der Waals surface area contributed by atoms with E-state index in [9.17, 15) is 14.4 Å². The quantitative estimate of drug-likeness (QED) is 0.238. The lowest BCUT2D eigenvalue weighted by Crippen LogP contribution is -2.14. The molecule has 8 heteroatoms.